The van der Waals surface area contributed by atoms with E-state index >= 15 is 0 Å². The highest BCUT2D eigenvalue weighted by Crippen LogP contribution is 2.10. The molecular formula is C16H34N4O2S. The third kappa shape index (κ3) is 12.0. The number of amides is 1. The zero-order valence-electron chi connectivity index (χ0n) is 15.7. The number of hydrogen-bond acceptors (Lipinski definition) is 4. The highest BCUT2D eigenvalue weighted by Gasteiger charge is 2.20. The van der Waals surface area contributed by atoms with Gasteiger partial charge in [0.05, 0.1) is 0 Å². The number of rotatable bonds is 8. The maximum Gasteiger partial charge on any atom is 0.410 e. The summed E-state index contributed by atoms with van der Waals surface area (Å²) in [5, 5.41) is 6.53. The molecule has 23 heavy (non-hydrogen) atoms. The van der Waals surface area contributed by atoms with Gasteiger partial charge in [0.2, 0.25) is 0 Å². The zero-order valence-corrected chi connectivity index (χ0v) is 16.5. The maximum absolute atomic E-state index is 12.0. The Balaban J connectivity index is 4.34. The van der Waals surface area contributed by atoms with Gasteiger partial charge < -0.3 is 20.3 Å². The number of nitrogens with one attached hydrogen (secondary N) is 2. The summed E-state index contributed by atoms with van der Waals surface area (Å²) in [6.45, 7) is 12.7. The van der Waals surface area contributed by atoms with Crippen LogP contribution in [0.4, 0.5) is 4.79 Å². The lowest BCUT2D eigenvalue weighted by Gasteiger charge is -2.26. The van der Waals surface area contributed by atoms with Crippen LogP contribution in [0.2, 0.25) is 0 Å². The van der Waals surface area contributed by atoms with Gasteiger partial charge in [-0.15, -0.1) is 0 Å². The molecule has 0 bridgehead atoms. The summed E-state index contributed by atoms with van der Waals surface area (Å²) in [5.41, 5.74) is -0.466. The molecule has 7 heteroatoms. The van der Waals surface area contributed by atoms with Crippen molar-refractivity contribution in [2.75, 3.05) is 45.2 Å². The average Bonchev–Trinajstić information content (AvgIpc) is 2.43. The van der Waals surface area contributed by atoms with Crippen molar-refractivity contribution in [2.45, 2.75) is 40.2 Å². The molecule has 0 radical (unpaired) electrons. The molecule has 0 aromatic heterocycles. The van der Waals surface area contributed by atoms with E-state index in [2.05, 4.69) is 28.8 Å². The van der Waals surface area contributed by atoms with Gasteiger partial charge in [0.1, 0.15) is 5.60 Å². The van der Waals surface area contributed by atoms with Crippen LogP contribution >= 0.6 is 11.8 Å². The molecule has 0 heterocycles. The van der Waals surface area contributed by atoms with E-state index in [1.807, 2.05) is 27.7 Å². The standard InChI is InChI=1S/C16H34N4O2S/c1-8-17-14(18-9-10-23-7)19-11-13(2)12-20(6)15(21)22-16(3,4)5/h13H,8-12H2,1-7H3,(H2,17,18,19). The molecule has 1 unspecified atom stereocenters. The first kappa shape index (κ1) is 21.9. The molecule has 1 atom stereocenters. The van der Waals surface area contributed by atoms with E-state index in [9.17, 15) is 4.79 Å². The smallest absolute Gasteiger partial charge is 0.410 e. The van der Waals surface area contributed by atoms with Crippen molar-refractivity contribution in [1.29, 1.82) is 0 Å². The number of guanidine groups is 1. The highest BCUT2D eigenvalue weighted by atomic mass is 32.2. The third-order valence-corrected chi connectivity index (χ3v) is 3.41. The predicted molar refractivity (Wildman–Crippen MR) is 100 cm³/mol. The van der Waals surface area contributed by atoms with Crippen molar-refractivity contribution in [1.82, 2.24) is 15.5 Å². The minimum Gasteiger partial charge on any atom is -0.444 e. The van der Waals surface area contributed by atoms with Crippen LogP contribution in [-0.4, -0.2) is 67.8 Å². The van der Waals surface area contributed by atoms with Gasteiger partial charge in [0, 0.05) is 39.0 Å². The van der Waals surface area contributed by atoms with E-state index in [1.165, 1.54) is 0 Å². The zero-order chi connectivity index (χ0) is 17.9. The Morgan fingerprint density at radius 1 is 1.35 bits per heavy atom. The molecule has 6 nitrogen and oxygen atoms in total. The van der Waals surface area contributed by atoms with Gasteiger partial charge in [-0.05, 0) is 39.9 Å². The topological polar surface area (TPSA) is 66.0 Å². The maximum atomic E-state index is 12.0. The van der Waals surface area contributed by atoms with Crippen LogP contribution in [-0.2, 0) is 4.74 Å². The molecule has 0 spiro atoms. The first-order valence-electron chi connectivity index (χ1n) is 8.14. The molecule has 0 aromatic carbocycles. The van der Waals surface area contributed by atoms with Crippen LogP contribution in [0.25, 0.3) is 0 Å². The molecule has 0 aliphatic heterocycles. The first-order chi connectivity index (χ1) is 10.7. The molecule has 2 N–H and O–H groups in total. The van der Waals surface area contributed by atoms with Crippen molar-refractivity contribution >= 4 is 23.8 Å². The van der Waals surface area contributed by atoms with Crippen LogP contribution in [0.15, 0.2) is 4.99 Å². The van der Waals surface area contributed by atoms with Gasteiger partial charge in [-0.3, -0.25) is 4.99 Å². The van der Waals surface area contributed by atoms with Gasteiger partial charge in [-0.1, -0.05) is 6.92 Å². The number of aliphatic imine (C=N–C) groups is 1. The fourth-order valence-corrected chi connectivity index (χ4v) is 2.11. The van der Waals surface area contributed by atoms with E-state index in [4.69, 9.17) is 4.74 Å². The summed E-state index contributed by atoms with van der Waals surface area (Å²) in [5.74, 6) is 2.12. The average molecular weight is 347 g/mol. The van der Waals surface area contributed by atoms with Gasteiger partial charge in [-0.2, -0.15) is 11.8 Å². The molecule has 136 valence electrons. The lowest BCUT2D eigenvalue weighted by Crippen LogP contribution is -2.39. The molecule has 0 rings (SSSR count). The lowest BCUT2D eigenvalue weighted by molar-refractivity contribution is 0.0279. The van der Waals surface area contributed by atoms with Crippen LogP contribution in [0.3, 0.4) is 0 Å². The van der Waals surface area contributed by atoms with Crippen LogP contribution in [0.5, 0.6) is 0 Å². The van der Waals surface area contributed by atoms with Gasteiger partial charge in [-0.25, -0.2) is 4.79 Å². The molecule has 0 aliphatic rings. The summed E-state index contributed by atoms with van der Waals surface area (Å²) in [7, 11) is 1.76. The Kier molecular flexibility index (Phi) is 10.9. The Morgan fingerprint density at radius 3 is 2.52 bits per heavy atom. The summed E-state index contributed by atoms with van der Waals surface area (Å²) >= 11 is 1.80. The molecule has 1 amide bonds. The fraction of sp³-hybridized carbons (Fsp3) is 0.875. The SMILES string of the molecule is CCNC(=NCC(C)CN(C)C(=O)OC(C)(C)C)NCCSC. The van der Waals surface area contributed by atoms with Crippen LogP contribution in [0, 0.1) is 5.92 Å². The minimum absolute atomic E-state index is 0.253. The number of carbonyl (C=O) groups is 1. The van der Waals surface area contributed by atoms with Crippen molar-refractivity contribution in [3.05, 3.63) is 0 Å². The van der Waals surface area contributed by atoms with Crippen LogP contribution < -0.4 is 10.6 Å². The Labute approximate surface area is 145 Å². The quantitative estimate of drug-likeness (QED) is 0.401. The summed E-state index contributed by atoms with van der Waals surface area (Å²) in [6.07, 6.45) is 1.79. The first-order valence-corrected chi connectivity index (χ1v) is 9.54. The molecule has 0 aromatic rings. The van der Waals surface area contributed by atoms with Crippen molar-refractivity contribution in [3.8, 4) is 0 Å². The van der Waals surface area contributed by atoms with Crippen molar-refractivity contribution in [2.24, 2.45) is 10.9 Å². The van der Waals surface area contributed by atoms with Crippen molar-refractivity contribution in [3.63, 3.8) is 0 Å². The van der Waals surface area contributed by atoms with E-state index in [-0.39, 0.29) is 12.0 Å². The molecule has 0 aliphatic carbocycles. The molecule has 0 fully saturated rings. The van der Waals surface area contributed by atoms with Crippen molar-refractivity contribution < 1.29 is 9.53 Å². The third-order valence-electron chi connectivity index (χ3n) is 2.79. The fourth-order valence-electron chi connectivity index (χ4n) is 1.80. The summed E-state index contributed by atoms with van der Waals surface area (Å²) in [4.78, 5) is 18.1. The number of carbonyl (C=O) groups excluding carboxylic acids is 1. The predicted octanol–water partition coefficient (Wildman–Crippen LogP) is 2.41. The summed E-state index contributed by atoms with van der Waals surface area (Å²) < 4.78 is 5.35. The minimum atomic E-state index is -0.466. The monoisotopic (exact) mass is 346 g/mol. The Morgan fingerprint density at radius 2 is 2.00 bits per heavy atom. The largest absolute Gasteiger partial charge is 0.444 e. The normalized spacial score (nSPS) is 13.4. The molecule has 0 saturated carbocycles. The van der Waals surface area contributed by atoms with E-state index in [1.54, 1.807) is 23.7 Å². The van der Waals surface area contributed by atoms with Crippen LogP contribution in [0.1, 0.15) is 34.6 Å². The summed E-state index contributed by atoms with van der Waals surface area (Å²) in [6, 6.07) is 0. The highest BCUT2D eigenvalue weighted by molar-refractivity contribution is 7.98. The second-order valence-electron chi connectivity index (χ2n) is 6.61. The Bertz CT molecular complexity index is 370. The van der Waals surface area contributed by atoms with Gasteiger partial charge >= 0.3 is 6.09 Å². The van der Waals surface area contributed by atoms with Gasteiger partial charge in [0.15, 0.2) is 5.96 Å². The number of nitrogens with zero attached hydrogens (tertiary/aromatic N) is 2. The lowest BCUT2D eigenvalue weighted by atomic mass is 10.2. The van der Waals surface area contributed by atoms with E-state index < -0.39 is 5.60 Å². The molecule has 0 saturated heterocycles. The van der Waals surface area contributed by atoms with Gasteiger partial charge in [0.25, 0.3) is 0 Å². The second kappa shape index (κ2) is 11.4. The number of thioether (sulfide) groups is 1. The number of ether oxygens (including phenoxy) is 1. The Hall–Kier alpha value is -1.11. The van der Waals surface area contributed by atoms with E-state index in [0.717, 1.165) is 24.8 Å². The molecular weight excluding hydrogens is 312 g/mol. The van der Waals surface area contributed by atoms with E-state index in [0.29, 0.717) is 13.1 Å². The number of hydrogen-bond donors (Lipinski definition) is 2. The second-order valence-corrected chi connectivity index (χ2v) is 7.59.